The molecule has 0 radical (unpaired) electrons. The van der Waals surface area contributed by atoms with Crippen LogP contribution >= 0.6 is 0 Å². The molecule has 2 aromatic rings. The molecule has 0 aliphatic carbocycles. The van der Waals surface area contributed by atoms with Gasteiger partial charge in [-0.3, -0.25) is 9.69 Å². The molecule has 0 bridgehead atoms. The molecule has 1 amide bonds. The number of para-hydroxylation sites is 1. The second kappa shape index (κ2) is 5.90. The number of hydrogen-bond acceptors (Lipinski definition) is 2. The van der Waals surface area contributed by atoms with Gasteiger partial charge in [0.15, 0.2) is 0 Å². The molecule has 1 aromatic carbocycles. The topological polar surface area (TPSA) is 28.5 Å². The first-order valence-electron chi connectivity index (χ1n) is 7.71. The number of aromatic nitrogens is 1. The lowest BCUT2D eigenvalue weighted by Gasteiger charge is -2.37. The average molecular weight is 285 g/mol. The van der Waals surface area contributed by atoms with Crippen molar-refractivity contribution >= 4 is 16.8 Å². The van der Waals surface area contributed by atoms with Gasteiger partial charge in [0, 0.05) is 43.9 Å². The minimum atomic E-state index is 0.222. The molecule has 4 nitrogen and oxygen atoms in total. The molecule has 112 valence electrons. The van der Waals surface area contributed by atoms with E-state index < -0.39 is 0 Å². The third-order valence-electron chi connectivity index (χ3n) is 4.38. The van der Waals surface area contributed by atoms with Crippen LogP contribution in [0.2, 0.25) is 0 Å². The van der Waals surface area contributed by atoms with Crippen LogP contribution in [-0.4, -0.2) is 52.5 Å². The second-order valence-electron chi connectivity index (χ2n) is 6.01. The van der Waals surface area contributed by atoms with Gasteiger partial charge in [-0.15, -0.1) is 0 Å². The fraction of sp³-hybridized carbons (Fsp3) is 0.471. The van der Waals surface area contributed by atoms with Crippen molar-refractivity contribution in [2.45, 2.75) is 26.4 Å². The quantitative estimate of drug-likeness (QED) is 0.865. The first-order chi connectivity index (χ1) is 10.1. The van der Waals surface area contributed by atoms with E-state index in [0.29, 0.717) is 12.6 Å². The third kappa shape index (κ3) is 2.95. The third-order valence-corrected chi connectivity index (χ3v) is 4.38. The predicted molar refractivity (Wildman–Crippen MR) is 85.2 cm³/mol. The molecule has 0 unspecified atom stereocenters. The van der Waals surface area contributed by atoms with E-state index in [2.05, 4.69) is 36.9 Å². The molecule has 4 heteroatoms. The summed E-state index contributed by atoms with van der Waals surface area (Å²) in [6, 6.07) is 10.8. The first-order valence-corrected chi connectivity index (χ1v) is 7.71. The lowest BCUT2D eigenvalue weighted by atomic mass is 10.2. The van der Waals surface area contributed by atoms with Crippen LogP contribution in [0, 0.1) is 0 Å². The van der Waals surface area contributed by atoms with Gasteiger partial charge in [-0.2, -0.15) is 0 Å². The molecule has 1 aliphatic heterocycles. The van der Waals surface area contributed by atoms with E-state index in [0.717, 1.165) is 31.7 Å². The van der Waals surface area contributed by atoms with Crippen LogP contribution in [-0.2, 0) is 11.3 Å². The highest BCUT2D eigenvalue weighted by molar-refractivity contribution is 5.83. The fourth-order valence-corrected chi connectivity index (χ4v) is 3.01. The number of hydrogen-bond donors (Lipinski definition) is 0. The van der Waals surface area contributed by atoms with Gasteiger partial charge in [0.2, 0.25) is 5.91 Å². The number of amides is 1. The molecule has 1 aromatic heterocycles. The van der Waals surface area contributed by atoms with Crippen LogP contribution in [0.25, 0.3) is 10.9 Å². The highest BCUT2D eigenvalue weighted by Crippen LogP contribution is 2.15. The second-order valence-corrected chi connectivity index (χ2v) is 6.01. The van der Waals surface area contributed by atoms with E-state index in [-0.39, 0.29) is 5.91 Å². The van der Waals surface area contributed by atoms with Gasteiger partial charge in [-0.1, -0.05) is 18.2 Å². The molecular formula is C17H23N3O. The summed E-state index contributed by atoms with van der Waals surface area (Å²) >= 11 is 0. The van der Waals surface area contributed by atoms with Crippen molar-refractivity contribution in [3.05, 3.63) is 36.5 Å². The zero-order chi connectivity index (χ0) is 14.8. The molecule has 0 spiro atoms. The number of piperazine rings is 1. The van der Waals surface area contributed by atoms with Crippen molar-refractivity contribution < 1.29 is 4.79 Å². The normalized spacial score (nSPS) is 16.8. The van der Waals surface area contributed by atoms with Gasteiger partial charge in [0.1, 0.15) is 6.54 Å². The van der Waals surface area contributed by atoms with E-state index in [1.807, 2.05) is 27.8 Å². The summed E-state index contributed by atoms with van der Waals surface area (Å²) in [6.45, 7) is 8.51. The molecule has 1 saturated heterocycles. The maximum absolute atomic E-state index is 12.5. The lowest BCUT2D eigenvalue weighted by molar-refractivity contribution is -0.133. The smallest absolute Gasteiger partial charge is 0.242 e. The minimum absolute atomic E-state index is 0.222. The van der Waals surface area contributed by atoms with Crippen molar-refractivity contribution in [3.8, 4) is 0 Å². The Hall–Kier alpha value is -1.81. The molecule has 0 saturated carbocycles. The van der Waals surface area contributed by atoms with Gasteiger partial charge >= 0.3 is 0 Å². The van der Waals surface area contributed by atoms with Crippen LogP contribution in [0.3, 0.4) is 0 Å². The SMILES string of the molecule is CC(C)N1CCN(C(=O)Cn2ccc3ccccc32)CC1. The van der Waals surface area contributed by atoms with Crippen molar-refractivity contribution in [2.24, 2.45) is 0 Å². The Morgan fingerprint density at radius 1 is 1.10 bits per heavy atom. The zero-order valence-corrected chi connectivity index (χ0v) is 12.8. The summed E-state index contributed by atoms with van der Waals surface area (Å²) < 4.78 is 2.05. The van der Waals surface area contributed by atoms with E-state index in [9.17, 15) is 4.79 Å². The summed E-state index contributed by atoms with van der Waals surface area (Å²) in [6.07, 6.45) is 2.01. The number of fused-ring (bicyclic) bond motifs is 1. The summed E-state index contributed by atoms with van der Waals surface area (Å²) in [7, 11) is 0. The highest BCUT2D eigenvalue weighted by Gasteiger charge is 2.22. The molecule has 3 rings (SSSR count). The van der Waals surface area contributed by atoms with Crippen molar-refractivity contribution in [3.63, 3.8) is 0 Å². The minimum Gasteiger partial charge on any atom is -0.339 e. The lowest BCUT2D eigenvalue weighted by Crippen LogP contribution is -2.51. The molecule has 21 heavy (non-hydrogen) atoms. The molecule has 1 fully saturated rings. The Bertz CT molecular complexity index is 624. The Balaban J connectivity index is 1.65. The number of carbonyl (C=O) groups is 1. The number of carbonyl (C=O) groups excluding carboxylic acids is 1. The van der Waals surface area contributed by atoms with Crippen LogP contribution in [0.5, 0.6) is 0 Å². The van der Waals surface area contributed by atoms with Gasteiger partial charge in [-0.25, -0.2) is 0 Å². The van der Waals surface area contributed by atoms with Crippen molar-refractivity contribution in [2.75, 3.05) is 26.2 Å². The van der Waals surface area contributed by atoms with Gasteiger partial charge in [0.05, 0.1) is 0 Å². The van der Waals surface area contributed by atoms with Crippen LogP contribution in [0.1, 0.15) is 13.8 Å². The summed E-state index contributed by atoms with van der Waals surface area (Å²) in [5.74, 6) is 0.222. The van der Waals surface area contributed by atoms with Crippen molar-refractivity contribution in [1.82, 2.24) is 14.4 Å². The Labute approximate surface area is 125 Å². The predicted octanol–water partition coefficient (Wildman–Crippen LogP) is 2.19. The fourth-order valence-electron chi connectivity index (χ4n) is 3.01. The highest BCUT2D eigenvalue weighted by atomic mass is 16.2. The summed E-state index contributed by atoms with van der Waals surface area (Å²) in [5, 5.41) is 1.19. The Morgan fingerprint density at radius 3 is 2.52 bits per heavy atom. The van der Waals surface area contributed by atoms with E-state index in [1.165, 1.54) is 5.39 Å². The Kier molecular flexibility index (Phi) is 3.97. The first kappa shape index (κ1) is 14.1. The maximum Gasteiger partial charge on any atom is 0.242 e. The monoisotopic (exact) mass is 285 g/mol. The average Bonchev–Trinajstić information content (AvgIpc) is 2.91. The van der Waals surface area contributed by atoms with Gasteiger partial charge < -0.3 is 9.47 Å². The number of rotatable bonds is 3. The molecule has 0 atom stereocenters. The van der Waals surface area contributed by atoms with Crippen LogP contribution in [0.15, 0.2) is 36.5 Å². The van der Waals surface area contributed by atoms with E-state index in [4.69, 9.17) is 0 Å². The van der Waals surface area contributed by atoms with Gasteiger partial charge in [-0.05, 0) is 31.4 Å². The largest absolute Gasteiger partial charge is 0.339 e. The van der Waals surface area contributed by atoms with Crippen LogP contribution in [0.4, 0.5) is 0 Å². The molecule has 1 aliphatic rings. The molecule has 2 heterocycles. The van der Waals surface area contributed by atoms with Crippen LogP contribution < -0.4 is 0 Å². The maximum atomic E-state index is 12.5. The van der Waals surface area contributed by atoms with E-state index in [1.54, 1.807) is 0 Å². The van der Waals surface area contributed by atoms with Crippen molar-refractivity contribution in [1.29, 1.82) is 0 Å². The van der Waals surface area contributed by atoms with Gasteiger partial charge in [0.25, 0.3) is 0 Å². The molecule has 0 N–H and O–H groups in total. The van der Waals surface area contributed by atoms with E-state index >= 15 is 0 Å². The molecular weight excluding hydrogens is 262 g/mol. The number of nitrogens with zero attached hydrogens (tertiary/aromatic N) is 3. The summed E-state index contributed by atoms with van der Waals surface area (Å²) in [5.41, 5.74) is 1.13. The summed E-state index contributed by atoms with van der Waals surface area (Å²) in [4.78, 5) is 16.9. The Morgan fingerprint density at radius 2 is 1.81 bits per heavy atom. The zero-order valence-electron chi connectivity index (χ0n) is 12.8. The standard InChI is InChI=1S/C17H23N3O/c1-14(2)18-9-11-19(12-10-18)17(21)13-20-8-7-15-5-3-4-6-16(15)20/h3-8,14H,9-13H2,1-2H3. The number of benzene rings is 1.